The highest BCUT2D eigenvalue weighted by Gasteiger charge is 2.13. The van der Waals surface area contributed by atoms with E-state index >= 15 is 0 Å². The summed E-state index contributed by atoms with van der Waals surface area (Å²) >= 11 is 0. The van der Waals surface area contributed by atoms with Gasteiger partial charge in [-0.1, -0.05) is 18.2 Å². The maximum Gasteiger partial charge on any atom is 0.349 e. The van der Waals surface area contributed by atoms with Gasteiger partial charge in [0.1, 0.15) is 11.1 Å². The molecule has 0 radical (unpaired) electrons. The molecule has 0 bridgehead atoms. The molecule has 0 aliphatic heterocycles. The number of aryl methyl sites for hydroxylation is 1. The minimum absolute atomic E-state index is 0.0711. The molecule has 7 nitrogen and oxygen atoms in total. The van der Waals surface area contributed by atoms with E-state index in [1.807, 2.05) is 0 Å². The normalized spacial score (nSPS) is 10.7. The van der Waals surface area contributed by atoms with Crippen LogP contribution in [-0.4, -0.2) is 22.2 Å². The minimum Gasteiger partial charge on any atom is -0.422 e. The summed E-state index contributed by atoms with van der Waals surface area (Å²) in [4.78, 5) is 35.7. The lowest BCUT2D eigenvalue weighted by molar-refractivity contribution is 0.0948. The Kier molecular flexibility index (Phi) is 4.24. The molecule has 0 atom stereocenters. The molecule has 0 saturated carbocycles. The molecule has 0 aliphatic rings. The first-order chi connectivity index (χ1) is 11.5. The lowest BCUT2D eigenvalue weighted by Crippen LogP contribution is -2.33. The lowest BCUT2D eigenvalue weighted by atomic mass is 10.2. The van der Waals surface area contributed by atoms with E-state index in [0.717, 1.165) is 0 Å². The number of nitrogens with one attached hydrogen (secondary N) is 1. The zero-order chi connectivity index (χ0) is 17.1. The van der Waals surface area contributed by atoms with Crippen molar-refractivity contribution in [2.45, 2.75) is 13.5 Å². The standard InChI is InChI=1S/C17H15N3O4/c1-11-6-7-15(21)20(19-11)9-8-18-16(22)13-10-12-4-2-3-5-14(12)24-17(13)23/h2-7,10H,8-9H2,1H3,(H,18,22). The van der Waals surface area contributed by atoms with E-state index in [9.17, 15) is 14.4 Å². The first kappa shape index (κ1) is 15.7. The van der Waals surface area contributed by atoms with Crippen molar-refractivity contribution in [3.63, 3.8) is 0 Å². The highest BCUT2D eigenvalue weighted by atomic mass is 16.4. The second-order valence-electron chi connectivity index (χ2n) is 5.28. The molecular weight excluding hydrogens is 310 g/mol. The molecule has 3 aromatic rings. The Hall–Kier alpha value is -3.22. The third-order valence-corrected chi connectivity index (χ3v) is 3.50. The summed E-state index contributed by atoms with van der Waals surface area (Å²) in [7, 11) is 0. The summed E-state index contributed by atoms with van der Waals surface area (Å²) in [5, 5.41) is 7.34. The smallest absolute Gasteiger partial charge is 0.349 e. The van der Waals surface area contributed by atoms with Gasteiger partial charge in [-0.05, 0) is 25.1 Å². The van der Waals surface area contributed by atoms with Crippen LogP contribution in [0.3, 0.4) is 0 Å². The summed E-state index contributed by atoms with van der Waals surface area (Å²) in [5.41, 5.74) is 0.112. The summed E-state index contributed by atoms with van der Waals surface area (Å²) in [6.07, 6.45) is 0. The molecule has 0 spiro atoms. The number of amides is 1. The van der Waals surface area contributed by atoms with Crippen molar-refractivity contribution < 1.29 is 9.21 Å². The number of nitrogens with zero attached hydrogens (tertiary/aromatic N) is 2. The van der Waals surface area contributed by atoms with Crippen molar-refractivity contribution in [2.75, 3.05) is 6.54 Å². The molecule has 2 aromatic heterocycles. The zero-order valence-electron chi connectivity index (χ0n) is 13.0. The summed E-state index contributed by atoms with van der Waals surface area (Å²) in [6.45, 7) is 2.15. The van der Waals surface area contributed by atoms with Crippen LogP contribution in [0.1, 0.15) is 16.1 Å². The predicted molar refractivity (Wildman–Crippen MR) is 88.1 cm³/mol. The van der Waals surface area contributed by atoms with Crippen LogP contribution >= 0.6 is 0 Å². The number of para-hydroxylation sites is 1. The van der Waals surface area contributed by atoms with Crippen LogP contribution in [0.5, 0.6) is 0 Å². The highest BCUT2D eigenvalue weighted by Crippen LogP contribution is 2.12. The van der Waals surface area contributed by atoms with Gasteiger partial charge >= 0.3 is 5.63 Å². The summed E-state index contributed by atoms with van der Waals surface area (Å²) in [6, 6.07) is 11.5. The van der Waals surface area contributed by atoms with Gasteiger partial charge in [0.2, 0.25) is 0 Å². The molecule has 1 N–H and O–H groups in total. The van der Waals surface area contributed by atoms with Crippen molar-refractivity contribution in [1.82, 2.24) is 15.1 Å². The molecule has 7 heteroatoms. The molecule has 122 valence electrons. The van der Waals surface area contributed by atoms with Crippen LogP contribution in [0.25, 0.3) is 11.0 Å². The fourth-order valence-corrected chi connectivity index (χ4v) is 2.30. The lowest BCUT2D eigenvalue weighted by Gasteiger charge is -2.07. The molecule has 1 aromatic carbocycles. The van der Waals surface area contributed by atoms with Crippen molar-refractivity contribution in [3.05, 3.63) is 74.5 Å². The first-order valence-electron chi connectivity index (χ1n) is 7.40. The average Bonchev–Trinajstić information content (AvgIpc) is 2.57. The van der Waals surface area contributed by atoms with Crippen LogP contribution in [0, 0.1) is 6.92 Å². The second-order valence-corrected chi connectivity index (χ2v) is 5.28. The molecule has 2 heterocycles. The number of hydrogen-bond acceptors (Lipinski definition) is 5. The van der Waals surface area contributed by atoms with Crippen molar-refractivity contribution in [3.8, 4) is 0 Å². The fourth-order valence-electron chi connectivity index (χ4n) is 2.30. The Balaban J connectivity index is 1.73. The van der Waals surface area contributed by atoms with Gasteiger partial charge in [-0.2, -0.15) is 5.10 Å². The predicted octanol–water partition coefficient (Wildman–Crippen LogP) is 1.09. The third-order valence-electron chi connectivity index (χ3n) is 3.50. The van der Waals surface area contributed by atoms with E-state index in [1.165, 1.54) is 16.8 Å². The monoisotopic (exact) mass is 325 g/mol. The van der Waals surface area contributed by atoms with Gasteiger partial charge in [0.25, 0.3) is 11.5 Å². The van der Waals surface area contributed by atoms with Gasteiger partial charge in [-0.15, -0.1) is 0 Å². The largest absolute Gasteiger partial charge is 0.422 e. The molecule has 3 rings (SSSR count). The van der Waals surface area contributed by atoms with Gasteiger partial charge in [0, 0.05) is 18.0 Å². The topological polar surface area (TPSA) is 94.2 Å². The Labute approximate surface area is 136 Å². The van der Waals surface area contributed by atoms with E-state index in [0.29, 0.717) is 16.7 Å². The first-order valence-corrected chi connectivity index (χ1v) is 7.40. The van der Waals surface area contributed by atoms with E-state index in [-0.39, 0.29) is 24.2 Å². The molecule has 1 amide bonds. The number of hydrogen-bond donors (Lipinski definition) is 1. The van der Waals surface area contributed by atoms with Crippen molar-refractivity contribution in [1.29, 1.82) is 0 Å². The molecular formula is C17H15N3O4. The number of carbonyl (C=O) groups excluding carboxylic acids is 1. The summed E-state index contributed by atoms with van der Waals surface area (Å²) < 4.78 is 6.39. The minimum atomic E-state index is -0.697. The van der Waals surface area contributed by atoms with Gasteiger partial charge in [0.15, 0.2) is 0 Å². The van der Waals surface area contributed by atoms with E-state index in [1.54, 1.807) is 37.3 Å². The van der Waals surface area contributed by atoms with Crippen LogP contribution in [0.2, 0.25) is 0 Å². The Bertz CT molecular complexity index is 1020. The maximum absolute atomic E-state index is 12.2. The maximum atomic E-state index is 12.2. The van der Waals surface area contributed by atoms with E-state index < -0.39 is 11.5 Å². The Morgan fingerprint density at radius 2 is 2.00 bits per heavy atom. The number of benzene rings is 1. The SMILES string of the molecule is Cc1ccc(=O)n(CCNC(=O)c2cc3ccccc3oc2=O)n1. The van der Waals surface area contributed by atoms with Gasteiger partial charge in [-0.3, -0.25) is 9.59 Å². The summed E-state index contributed by atoms with van der Waals surface area (Å²) in [5.74, 6) is -0.546. The van der Waals surface area contributed by atoms with Crippen molar-refractivity contribution in [2.24, 2.45) is 0 Å². The third kappa shape index (κ3) is 3.24. The fraction of sp³-hybridized carbons (Fsp3) is 0.176. The molecule has 0 saturated heterocycles. The van der Waals surface area contributed by atoms with E-state index in [4.69, 9.17) is 4.42 Å². The van der Waals surface area contributed by atoms with E-state index in [2.05, 4.69) is 10.4 Å². The quantitative estimate of drug-likeness (QED) is 0.725. The van der Waals surface area contributed by atoms with Gasteiger partial charge in [-0.25, -0.2) is 9.48 Å². The van der Waals surface area contributed by atoms with Crippen molar-refractivity contribution >= 4 is 16.9 Å². The average molecular weight is 325 g/mol. The Morgan fingerprint density at radius 1 is 1.21 bits per heavy atom. The molecule has 0 fully saturated rings. The van der Waals surface area contributed by atoms with Crippen LogP contribution in [0.15, 0.2) is 56.5 Å². The molecule has 0 aliphatic carbocycles. The number of rotatable bonds is 4. The highest BCUT2D eigenvalue weighted by molar-refractivity contribution is 5.96. The number of aromatic nitrogens is 2. The van der Waals surface area contributed by atoms with Crippen LogP contribution < -0.4 is 16.5 Å². The molecule has 0 unspecified atom stereocenters. The zero-order valence-corrected chi connectivity index (χ0v) is 13.0. The second kappa shape index (κ2) is 6.49. The number of carbonyl (C=O) groups is 1. The van der Waals surface area contributed by atoms with Gasteiger partial charge in [0.05, 0.1) is 12.2 Å². The molecule has 24 heavy (non-hydrogen) atoms. The van der Waals surface area contributed by atoms with Gasteiger partial charge < -0.3 is 9.73 Å². The Morgan fingerprint density at radius 3 is 2.83 bits per heavy atom. The van der Waals surface area contributed by atoms with Crippen LogP contribution in [-0.2, 0) is 6.54 Å². The number of fused-ring (bicyclic) bond motifs is 1. The van der Waals surface area contributed by atoms with Crippen LogP contribution in [0.4, 0.5) is 0 Å².